The molecule has 0 amide bonds. The SMILES string of the molecule is Cc1[nH]nc2cc(C#CC=O)ccc12. The molecule has 0 spiro atoms. The summed E-state index contributed by atoms with van der Waals surface area (Å²) in [7, 11) is 0. The lowest BCUT2D eigenvalue weighted by atomic mass is 10.1. The average Bonchev–Trinajstić information content (AvgIpc) is 2.57. The van der Waals surface area contributed by atoms with Gasteiger partial charge in [0.05, 0.1) is 5.52 Å². The van der Waals surface area contributed by atoms with Crippen molar-refractivity contribution in [2.45, 2.75) is 6.92 Å². The van der Waals surface area contributed by atoms with Crippen LogP contribution in [-0.4, -0.2) is 16.5 Å². The highest BCUT2D eigenvalue weighted by molar-refractivity contribution is 5.83. The molecule has 0 radical (unpaired) electrons. The van der Waals surface area contributed by atoms with E-state index < -0.39 is 0 Å². The second kappa shape index (κ2) is 3.35. The molecule has 0 aliphatic rings. The normalized spacial score (nSPS) is 9.50. The summed E-state index contributed by atoms with van der Waals surface area (Å²) in [6.45, 7) is 1.96. The van der Waals surface area contributed by atoms with Crippen molar-refractivity contribution >= 4 is 17.2 Å². The topological polar surface area (TPSA) is 45.8 Å². The van der Waals surface area contributed by atoms with E-state index in [9.17, 15) is 4.79 Å². The number of aromatic nitrogens is 2. The number of H-pyrrole nitrogens is 1. The van der Waals surface area contributed by atoms with E-state index in [2.05, 4.69) is 22.0 Å². The Morgan fingerprint density at radius 3 is 3.14 bits per heavy atom. The number of nitrogens with one attached hydrogen (secondary N) is 1. The Hall–Kier alpha value is -2.08. The molecule has 3 heteroatoms. The highest BCUT2D eigenvalue weighted by Gasteiger charge is 2.00. The van der Waals surface area contributed by atoms with Gasteiger partial charge in [0, 0.05) is 16.6 Å². The van der Waals surface area contributed by atoms with Gasteiger partial charge in [0.25, 0.3) is 0 Å². The Morgan fingerprint density at radius 1 is 1.50 bits per heavy atom. The van der Waals surface area contributed by atoms with Gasteiger partial charge in [-0.05, 0) is 31.0 Å². The maximum Gasteiger partial charge on any atom is 0.193 e. The zero-order chi connectivity index (χ0) is 9.97. The van der Waals surface area contributed by atoms with Crippen LogP contribution in [0.25, 0.3) is 10.9 Å². The van der Waals surface area contributed by atoms with Crippen molar-refractivity contribution < 1.29 is 4.79 Å². The first-order valence-electron chi connectivity index (χ1n) is 4.21. The van der Waals surface area contributed by atoms with E-state index in [0.717, 1.165) is 22.2 Å². The van der Waals surface area contributed by atoms with Crippen molar-refractivity contribution in [2.24, 2.45) is 0 Å². The number of aldehydes is 1. The molecule has 0 saturated carbocycles. The van der Waals surface area contributed by atoms with Gasteiger partial charge >= 0.3 is 0 Å². The number of carbonyl (C=O) groups is 1. The van der Waals surface area contributed by atoms with Crippen LogP contribution in [0.3, 0.4) is 0 Å². The van der Waals surface area contributed by atoms with Gasteiger partial charge < -0.3 is 0 Å². The maximum atomic E-state index is 10.1. The quantitative estimate of drug-likeness (QED) is 0.497. The van der Waals surface area contributed by atoms with Gasteiger partial charge in [0.2, 0.25) is 0 Å². The van der Waals surface area contributed by atoms with Gasteiger partial charge in [-0.25, -0.2) is 0 Å². The van der Waals surface area contributed by atoms with Crippen LogP contribution in [0.1, 0.15) is 11.3 Å². The summed E-state index contributed by atoms with van der Waals surface area (Å²) in [5.41, 5.74) is 2.71. The summed E-state index contributed by atoms with van der Waals surface area (Å²) >= 11 is 0. The van der Waals surface area contributed by atoms with Gasteiger partial charge in [-0.15, -0.1) is 0 Å². The summed E-state index contributed by atoms with van der Waals surface area (Å²) < 4.78 is 0. The largest absolute Gasteiger partial charge is 0.289 e. The van der Waals surface area contributed by atoms with Crippen molar-refractivity contribution in [1.82, 2.24) is 10.2 Å². The molecule has 0 aliphatic heterocycles. The Bertz CT molecular complexity index is 543. The molecule has 0 saturated heterocycles. The molecule has 0 aliphatic carbocycles. The first kappa shape index (κ1) is 8.52. The van der Waals surface area contributed by atoms with Gasteiger partial charge in [-0.1, -0.05) is 5.92 Å². The molecule has 2 aromatic rings. The van der Waals surface area contributed by atoms with Crippen LogP contribution >= 0.6 is 0 Å². The molecule has 0 fully saturated rings. The Kier molecular flexibility index (Phi) is 2.04. The summed E-state index contributed by atoms with van der Waals surface area (Å²) in [5.74, 6) is 5.09. The molecular formula is C11H8N2O. The molecule has 14 heavy (non-hydrogen) atoms. The summed E-state index contributed by atoms with van der Waals surface area (Å²) in [6.07, 6.45) is 0.583. The fourth-order valence-electron chi connectivity index (χ4n) is 1.34. The fourth-order valence-corrected chi connectivity index (χ4v) is 1.34. The number of fused-ring (bicyclic) bond motifs is 1. The van der Waals surface area contributed by atoms with E-state index in [1.165, 1.54) is 0 Å². The van der Waals surface area contributed by atoms with Gasteiger partial charge in [-0.3, -0.25) is 9.89 Å². The standard InChI is InChI=1S/C11H8N2O/c1-8-10-5-4-9(3-2-6-14)7-11(10)13-12-8/h4-7H,1H3,(H,12,13). The van der Waals surface area contributed by atoms with Crippen molar-refractivity contribution in [3.63, 3.8) is 0 Å². The summed E-state index contributed by atoms with van der Waals surface area (Å²) in [4.78, 5) is 10.1. The third kappa shape index (κ3) is 1.38. The first-order chi connectivity index (χ1) is 6.81. The monoisotopic (exact) mass is 184 g/mol. The van der Waals surface area contributed by atoms with Crippen LogP contribution < -0.4 is 0 Å². The second-order valence-corrected chi connectivity index (χ2v) is 2.97. The number of benzene rings is 1. The van der Waals surface area contributed by atoms with Crippen molar-refractivity contribution in [1.29, 1.82) is 0 Å². The fraction of sp³-hybridized carbons (Fsp3) is 0.0909. The minimum atomic E-state index is 0.583. The third-order valence-electron chi connectivity index (χ3n) is 2.02. The van der Waals surface area contributed by atoms with E-state index in [1.54, 1.807) is 0 Å². The molecule has 3 nitrogen and oxygen atoms in total. The van der Waals surface area contributed by atoms with Crippen molar-refractivity contribution in [3.05, 3.63) is 29.5 Å². The van der Waals surface area contributed by atoms with Crippen LogP contribution in [-0.2, 0) is 4.79 Å². The second-order valence-electron chi connectivity index (χ2n) is 2.97. The minimum Gasteiger partial charge on any atom is -0.289 e. The molecule has 2 rings (SSSR count). The Labute approximate surface area is 81.1 Å². The number of hydrogen-bond acceptors (Lipinski definition) is 2. The predicted molar refractivity (Wildman–Crippen MR) is 53.8 cm³/mol. The van der Waals surface area contributed by atoms with E-state index in [-0.39, 0.29) is 0 Å². The Balaban J connectivity index is 2.57. The van der Waals surface area contributed by atoms with E-state index >= 15 is 0 Å². The van der Waals surface area contributed by atoms with Gasteiger partial charge in [0.15, 0.2) is 6.29 Å². The van der Waals surface area contributed by atoms with Gasteiger partial charge in [-0.2, -0.15) is 5.10 Å². The third-order valence-corrected chi connectivity index (χ3v) is 2.02. The lowest BCUT2D eigenvalue weighted by molar-refractivity contribution is -0.103. The molecule has 1 N–H and O–H groups in total. The first-order valence-corrected chi connectivity index (χ1v) is 4.21. The van der Waals surface area contributed by atoms with Crippen LogP contribution in [0.2, 0.25) is 0 Å². The summed E-state index contributed by atoms with van der Waals surface area (Å²) in [6, 6.07) is 5.68. The van der Waals surface area contributed by atoms with Gasteiger partial charge in [0.1, 0.15) is 0 Å². The molecule has 68 valence electrons. The van der Waals surface area contributed by atoms with Crippen LogP contribution in [0.15, 0.2) is 18.2 Å². The molecule has 1 aromatic carbocycles. The predicted octanol–water partition coefficient (Wildman–Crippen LogP) is 1.42. The number of carbonyl (C=O) groups excluding carboxylic acids is 1. The van der Waals surface area contributed by atoms with Crippen molar-refractivity contribution in [2.75, 3.05) is 0 Å². The molecule has 1 heterocycles. The van der Waals surface area contributed by atoms with E-state index in [4.69, 9.17) is 0 Å². The van der Waals surface area contributed by atoms with E-state index in [1.807, 2.05) is 25.1 Å². The molecule has 1 aromatic heterocycles. The number of nitrogens with zero attached hydrogens (tertiary/aromatic N) is 1. The lowest BCUT2D eigenvalue weighted by Crippen LogP contribution is -1.75. The highest BCUT2D eigenvalue weighted by Crippen LogP contribution is 2.15. The maximum absolute atomic E-state index is 10.1. The smallest absolute Gasteiger partial charge is 0.193 e. The molecule has 0 atom stereocenters. The zero-order valence-corrected chi connectivity index (χ0v) is 7.66. The molecular weight excluding hydrogens is 176 g/mol. The van der Waals surface area contributed by atoms with Crippen LogP contribution in [0.5, 0.6) is 0 Å². The number of rotatable bonds is 0. The molecule has 0 bridgehead atoms. The average molecular weight is 184 g/mol. The van der Waals surface area contributed by atoms with Crippen LogP contribution in [0.4, 0.5) is 0 Å². The lowest BCUT2D eigenvalue weighted by Gasteiger charge is -1.90. The summed E-state index contributed by atoms with van der Waals surface area (Å²) in [5, 5.41) is 8.08. The highest BCUT2D eigenvalue weighted by atomic mass is 16.1. The Morgan fingerprint density at radius 2 is 2.36 bits per heavy atom. The van der Waals surface area contributed by atoms with Crippen LogP contribution in [0, 0.1) is 18.8 Å². The number of aromatic amines is 1. The zero-order valence-electron chi connectivity index (χ0n) is 7.66. The number of aryl methyl sites for hydroxylation is 1. The minimum absolute atomic E-state index is 0.583. The van der Waals surface area contributed by atoms with E-state index in [0.29, 0.717) is 6.29 Å². The molecule has 0 unspecified atom stereocenters. The van der Waals surface area contributed by atoms with Crippen molar-refractivity contribution in [3.8, 4) is 11.8 Å². The number of hydrogen-bond donors (Lipinski definition) is 1.